The molecule has 5 heteroatoms. The number of nitrogens with zero attached hydrogens (tertiary/aromatic N) is 1. The van der Waals surface area contributed by atoms with Crippen LogP contribution in [-0.2, 0) is 16.9 Å². The van der Waals surface area contributed by atoms with Crippen LogP contribution in [0, 0.1) is 20.8 Å². The summed E-state index contributed by atoms with van der Waals surface area (Å²) in [4.78, 5) is 39.9. The molecule has 1 N–H and O–H groups in total. The number of hydrogen-bond acceptors (Lipinski definition) is 3. The molecule has 3 aromatic rings. The molecule has 1 saturated heterocycles. The molecule has 3 amide bonds. The zero-order valence-corrected chi connectivity index (χ0v) is 18.5. The number of urea groups is 1. The smallest absolute Gasteiger partial charge is 0.319 e. The van der Waals surface area contributed by atoms with Crippen molar-refractivity contribution in [3.8, 4) is 0 Å². The minimum atomic E-state index is -1.16. The molecule has 1 atom stereocenters. The van der Waals surface area contributed by atoms with Crippen molar-refractivity contribution >= 4 is 28.5 Å². The first kappa shape index (κ1) is 20.8. The first-order chi connectivity index (χ1) is 14.6. The van der Waals surface area contributed by atoms with Crippen LogP contribution >= 0.6 is 0 Å². The Morgan fingerprint density at radius 1 is 1.00 bits per heavy atom. The third-order valence-corrected chi connectivity index (χ3v) is 6.40. The first-order valence-corrected chi connectivity index (χ1v) is 10.4. The molecule has 0 unspecified atom stereocenters. The van der Waals surface area contributed by atoms with Gasteiger partial charge in [-0.1, -0.05) is 48.5 Å². The number of carbonyl (C=O) groups excluding carboxylic acids is 3. The highest BCUT2D eigenvalue weighted by Gasteiger charge is 2.49. The molecule has 0 radical (unpaired) electrons. The van der Waals surface area contributed by atoms with Crippen molar-refractivity contribution < 1.29 is 14.4 Å². The van der Waals surface area contributed by atoms with E-state index in [-0.39, 0.29) is 18.2 Å². The summed E-state index contributed by atoms with van der Waals surface area (Å²) >= 11 is 0. The average Bonchev–Trinajstić information content (AvgIpc) is 2.93. The number of aryl methyl sites for hydroxylation is 2. The van der Waals surface area contributed by atoms with E-state index in [1.165, 1.54) is 4.90 Å². The van der Waals surface area contributed by atoms with Gasteiger partial charge in [0.05, 0.1) is 6.54 Å². The van der Waals surface area contributed by atoms with Crippen LogP contribution in [0.2, 0.25) is 0 Å². The van der Waals surface area contributed by atoms with Crippen molar-refractivity contribution in [1.82, 2.24) is 10.2 Å². The average molecular weight is 415 g/mol. The Hall–Kier alpha value is -3.47. The molecule has 0 saturated carbocycles. The van der Waals surface area contributed by atoms with Gasteiger partial charge >= 0.3 is 6.03 Å². The van der Waals surface area contributed by atoms with E-state index in [0.29, 0.717) is 5.56 Å². The summed E-state index contributed by atoms with van der Waals surface area (Å²) in [5.74, 6) is -0.313. The van der Waals surface area contributed by atoms with Gasteiger partial charge in [0.1, 0.15) is 5.54 Å². The molecule has 5 nitrogen and oxygen atoms in total. The number of carbonyl (C=O) groups is 3. The maximum absolute atomic E-state index is 13.6. The van der Waals surface area contributed by atoms with Gasteiger partial charge in [-0.2, -0.15) is 0 Å². The lowest BCUT2D eigenvalue weighted by Gasteiger charge is -2.24. The van der Waals surface area contributed by atoms with E-state index in [1.54, 1.807) is 13.8 Å². The van der Waals surface area contributed by atoms with E-state index in [9.17, 15) is 14.4 Å². The second-order valence-electron chi connectivity index (χ2n) is 8.52. The van der Waals surface area contributed by atoms with Crippen molar-refractivity contribution in [2.45, 2.75) is 46.7 Å². The van der Waals surface area contributed by atoms with Crippen molar-refractivity contribution in [3.05, 3.63) is 81.9 Å². The Morgan fingerprint density at radius 2 is 1.68 bits per heavy atom. The van der Waals surface area contributed by atoms with Crippen LogP contribution in [-0.4, -0.2) is 22.6 Å². The van der Waals surface area contributed by atoms with Gasteiger partial charge in [-0.25, -0.2) is 4.79 Å². The number of fused-ring (bicyclic) bond motifs is 1. The third-order valence-electron chi connectivity index (χ3n) is 6.40. The number of ketones is 1. The lowest BCUT2D eigenvalue weighted by Crippen LogP contribution is -2.41. The van der Waals surface area contributed by atoms with E-state index in [2.05, 4.69) is 5.32 Å². The molecule has 3 aromatic carbocycles. The Balaban J connectivity index is 1.77. The fourth-order valence-electron chi connectivity index (χ4n) is 4.85. The molecule has 0 aromatic heterocycles. The Morgan fingerprint density at radius 3 is 2.39 bits per heavy atom. The predicted octanol–water partition coefficient (Wildman–Crippen LogP) is 4.93. The summed E-state index contributed by atoms with van der Waals surface area (Å²) < 4.78 is 0. The van der Waals surface area contributed by atoms with Crippen molar-refractivity contribution in [2.75, 3.05) is 0 Å². The van der Waals surface area contributed by atoms with E-state index < -0.39 is 11.6 Å². The van der Waals surface area contributed by atoms with Crippen LogP contribution in [0.15, 0.2) is 48.5 Å². The fourth-order valence-corrected chi connectivity index (χ4v) is 4.85. The molecule has 4 rings (SSSR count). The van der Waals surface area contributed by atoms with Crippen LogP contribution in [0.25, 0.3) is 10.8 Å². The largest absolute Gasteiger partial charge is 0.325 e. The SMILES string of the molecule is CC(=O)c1c(C)cc(C)c(CN2C(=O)N[C@](C)(c3cccc4ccccc34)C2=O)c1C. The normalized spacial score (nSPS) is 18.5. The van der Waals surface area contributed by atoms with Gasteiger partial charge in [-0.3, -0.25) is 14.5 Å². The van der Waals surface area contributed by atoms with Crippen LogP contribution in [0.5, 0.6) is 0 Å². The van der Waals surface area contributed by atoms with Crippen molar-refractivity contribution in [2.24, 2.45) is 0 Å². The summed E-state index contributed by atoms with van der Waals surface area (Å²) in [6.07, 6.45) is 0. The summed E-state index contributed by atoms with van der Waals surface area (Å²) in [6.45, 7) is 9.16. The molecule has 1 aliphatic heterocycles. The zero-order chi connectivity index (χ0) is 22.5. The van der Waals surface area contributed by atoms with Gasteiger partial charge < -0.3 is 5.32 Å². The van der Waals surface area contributed by atoms with Crippen molar-refractivity contribution in [1.29, 1.82) is 0 Å². The van der Waals surface area contributed by atoms with Crippen LogP contribution in [0.1, 0.15) is 52.0 Å². The minimum absolute atomic E-state index is 0.0194. The highest BCUT2D eigenvalue weighted by molar-refractivity contribution is 6.09. The summed E-state index contributed by atoms with van der Waals surface area (Å²) in [5.41, 5.74) is 3.79. The summed E-state index contributed by atoms with van der Waals surface area (Å²) in [7, 11) is 0. The predicted molar refractivity (Wildman–Crippen MR) is 121 cm³/mol. The van der Waals surface area contributed by atoms with E-state index in [1.807, 2.05) is 69.3 Å². The standard InChI is InChI=1S/C26H26N2O3/c1-15-13-16(2)23(18(4)29)17(3)21(15)14-28-24(30)26(5,27-25(28)31)22-12-8-10-19-9-6-7-11-20(19)22/h6-13H,14H2,1-5H3,(H,27,31)/t26-/m1/s1. The first-order valence-electron chi connectivity index (χ1n) is 10.4. The quantitative estimate of drug-likeness (QED) is 0.486. The monoisotopic (exact) mass is 414 g/mol. The number of Topliss-reactive ketones (excluding diaryl/α,β-unsaturated/α-hetero) is 1. The van der Waals surface area contributed by atoms with Gasteiger partial charge in [-0.05, 0) is 73.2 Å². The molecular weight excluding hydrogens is 388 g/mol. The molecular formula is C26H26N2O3. The summed E-state index contributed by atoms with van der Waals surface area (Å²) in [6, 6.07) is 15.1. The van der Waals surface area contributed by atoms with Gasteiger partial charge in [0.2, 0.25) is 0 Å². The van der Waals surface area contributed by atoms with Crippen LogP contribution in [0.3, 0.4) is 0 Å². The molecule has 0 spiro atoms. The fraction of sp³-hybridized carbons (Fsp3) is 0.269. The maximum atomic E-state index is 13.6. The zero-order valence-electron chi connectivity index (χ0n) is 18.5. The Kier molecular flexibility index (Phi) is 4.92. The van der Waals surface area contributed by atoms with Gasteiger partial charge in [0.15, 0.2) is 5.78 Å². The molecule has 31 heavy (non-hydrogen) atoms. The van der Waals surface area contributed by atoms with E-state index in [4.69, 9.17) is 0 Å². The highest BCUT2D eigenvalue weighted by Crippen LogP contribution is 2.35. The number of hydrogen-bond donors (Lipinski definition) is 1. The molecule has 158 valence electrons. The number of imide groups is 1. The van der Waals surface area contributed by atoms with Crippen molar-refractivity contribution in [3.63, 3.8) is 0 Å². The molecule has 1 aliphatic rings. The highest BCUT2D eigenvalue weighted by atomic mass is 16.2. The van der Waals surface area contributed by atoms with E-state index in [0.717, 1.165) is 38.6 Å². The molecule has 1 heterocycles. The second kappa shape index (κ2) is 7.34. The number of benzene rings is 3. The summed E-state index contributed by atoms with van der Waals surface area (Å²) in [5, 5.41) is 4.86. The lowest BCUT2D eigenvalue weighted by molar-refractivity contribution is -0.131. The molecule has 0 bridgehead atoms. The molecule has 1 fully saturated rings. The Labute approximate surface area is 182 Å². The molecule has 0 aliphatic carbocycles. The van der Waals surface area contributed by atoms with Gasteiger partial charge in [0, 0.05) is 5.56 Å². The topological polar surface area (TPSA) is 66.5 Å². The number of nitrogens with one attached hydrogen (secondary N) is 1. The minimum Gasteiger partial charge on any atom is -0.319 e. The van der Waals surface area contributed by atoms with Crippen LogP contribution < -0.4 is 5.32 Å². The number of amides is 3. The number of rotatable bonds is 4. The van der Waals surface area contributed by atoms with Crippen LogP contribution in [0.4, 0.5) is 4.79 Å². The third kappa shape index (κ3) is 3.21. The Bertz CT molecular complexity index is 1260. The van der Waals surface area contributed by atoms with Gasteiger partial charge in [-0.15, -0.1) is 0 Å². The van der Waals surface area contributed by atoms with Gasteiger partial charge in [0.25, 0.3) is 5.91 Å². The van der Waals surface area contributed by atoms with E-state index >= 15 is 0 Å². The second-order valence-corrected chi connectivity index (χ2v) is 8.52. The maximum Gasteiger partial charge on any atom is 0.325 e. The lowest BCUT2D eigenvalue weighted by atomic mass is 9.87.